The van der Waals surface area contributed by atoms with Crippen LogP contribution in [0.1, 0.15) is 33.6 Å². The monoisotopic (exact) mass is 228 g/mol. The van der Waals surface area contributed by atoms with E-state index in [0.717, 1.165) is 12.8 Å². The van der Waals surface area contributed by atoms with Crippen molar-refractivity contribution in [2.24, 2.45) is 5.41 Å². The zero-order valence-electron chi connectivity index (χ0n) is 7.78. The quantitative estimate of drug-likeness (QED) is 0.560. The molecule has 0 aliphatic carbocycles. The van der Waals surface area contributed by atoms with Crippen LogP contribution in [0.25, 0.3) is 0 Å². The van der Waals surface area contributed by atoms with Gasteiger partial charge in [0.1, 0.15) is 0 Å². The maximum atomic E-state index is 9.12. The third-order valence-corrected chi connectivity index (χ3v) is 2.68. The molecule has 0 aromatic rings. The van der Waals surface area contributed by atoms with E-state index in [1.165, 1.54) is 0 Å². The van der Waals surface area contributed by atoms with Gasteiger partial charge in [-0.05, 0) is 23.6 Å². The van der Waals surface area contributed by atoms with Crippen molar-refractivity contribution >= 4 is 29.7 Å². The van der Waals surface area contributed by atoms with Gasteiger partial charge in [-0.25, -0.2) is 0 Å². The number of hydrogen-bond acceptors (Lipinski definition) is 2. The first-order valence-corrected chi connectivity index (χ1v) is 7.79. The van der Waals surface area contributed by atoms with Crippen molar-refractivity contribution in [2.75, 3.05) is 6.61 Å². The minimum atomic E-state index is -2.76. The minimum Gasteiger partial charge on any atom is -0.338 e. The van der Waals surface area contributed by atoms with Gasteiger partial charge in [-0.2, -0.15) is 0 Å². The highest BCUT2D eigenvalue weighted by Gasteiger charge is 2.19. The fraction of sp³-hybridized carbons (Fsp3) is 1.00. The van der Waals surface area contributed by atoms with Crippen LogP contribution in [0.2, 0.25) is 0 Å². The molecule has 0 aliphatic heterocycles. The number of rotatable bonds is 5. The van der Waals surface area contributed by atoms with Crippen LogP contribution in [-0.2, 0) is 16.3 Å². The Morgan fingerprint density at radius 3 is 2.42 bits per heavy atom. The van der Waals surface area contributed by atoms with Crippen molar-refractivity contribution in [3.63, 3.8) is 0 Å². The van der Waals surface area contributed by atoms with Crippen LogP contribution in [0.15, 0.2) is 0 Å². The Balaban J connectivity index is 3.83. The lowest BCUT2D eigenvalue weighted by Gasteiger charge is -2.24. The van der Waals surface area contributed by atoms with Crippen LogP contribution in [0.5, 0.6) is 0 Å². The lowest BCUT2D eigenvalue weighted by molar-refractivity contribution is 0.173. The summed E-state index contributed by atoms with van der Waals surface area (Å²) in [6, 6.07) is 0. The van der Waals surface area contributed by atoms with Gasteiger partial charge in [-0.3, -0.25) is 0 Å². The Morgan fingerprint density at radius 1 is 1.58 bits per heavy atom. The highest BCUT2D eigenvalue weighted by atomic mass is 32.9. The third-order valence-electron chi connectivity index (χ3n) is 1.55. The third kappa shape index (κ3) is 7.56. The van der Waals surface area contributed by atoms with E-state index >= 15 is 0 Å². The molecule has 0 radical (unpaired) electrons. The molecule has 0 aliphatic rings. The van der Waals surface area contributed by atoms with Gasteiger partial charge < -0.3 is 9.42 Å². The molecule has 0 fully saturated rings. The largest absolute Gasteiger partial charge is 0.338 e. The first-order valence-electron chi connectivity index (χ1n) is 3.97. The topological polar surface area (TPSA) is 29.5 Å². The normalized spacial score (nSPS) is 17.4. The van der Waals surface area contributed by atoms with Gasteiger partial charge >= 0.3 is 0 Å². The summed E-state index contributed by atoms with van der Waals surface area (Å²) in [6.45, 7) is 6.79. The summed E-state index contributed by atoms with van der Waals surface area (Å²) in [4.78, 5) is 9.12. The molecular weight excluding hydrogens is 211 g/mol. The van der Waals surface area contributed by atoms with Crippen LogP contribution in [0.3, 0.4) is 0 Å². The minimum absolute atomic E-state index is 0.0876. The predicted octanol–water partition coefficient (Wildman–Crippen LogP) is 2.98. The average Bonchev–Trinajstić information content (AvgIpc) is 1.83. The molecule has 0 aromatic carbocycles. The van der Waals surface area contributed by atoms with Gasteiger partial charge in [-0.1, -0.05) is 39.4 Å². The van der Waals surface area contributed by atoms with Crippen molar-refractivity contribution in [1.29, 1.82) is 0 Å². The van der Waals surface area contributed by atoms with E-state index in [-0.39, 0.29) is 5.41 Å². The summed E-state index contributed by atoms with van der Waals surface area (Å²) in [5.41, 5.74) is -2.67. The Labute approximate surface area is 85.0 Å². The van der Waals surface area contributed by atoms with Crippen LogP contribution < -0.4 is 0 Å². The Kier molecular flexibility index (Phi) is 5.35. The van der Waals surface area contributed by atoms with Crippen molar-refractivity contribution in [2.45, 2.75) is 33.6 Å². The number of thiol groups is 1. The van der Waals surface area contributed by atoms with Gasteiger partial charge in [-0.15, -0.1) is 0 Å². The fourth-order valence-corrected chi connectivity index (χ4v) is 1.86. The highest BCUT2D eigenvalue weighted by molar-refractivity contribution is 8.59. The lowest BCUT2D eigenvalue weighted by Crippen LogP contribution is -2.17. The zero-order valence-corrected chi connectivity index (χ0v) is 10.4. The molecule has 0 spiro atoms. The van der Waals surface area contributed by atoms with E-state index in [4.69, 9.17) is 9.42 Å². The Bertz CT molecular complexity index is 176. The van der Waals surface area contributed by atoms with Crippen LogP contribution in [-0.4, -0.2) is 11.5 Å². The molecule has 0 saturated heterocycles. The predicted molar refractivity (Wildman–Crippen MR) is 60.1 cm³/mol. The second kappa shape index (κ2) is 4.97. The maximum Gasteiger partial charge on any atom is 0.241 e. The van der Waals surface area contributed by atoms with Crippen LogP contribution in [0, 0.1) is 5.41 Å². The molecule has 1 unspecified atom stereocenters. The first kappa shape index (κ1) is 12.9. The summed E-state index contributed by atoms with van der Waals surface area (Å²) in [5.74, 6) is 0. The number of hydrogen-bond donors (Lipinski definition) is 2. The Morgan fingerprint density at radius 2 is 2.08 bits per heavy atom. The molecule has 0 rings (SSSR count). The van der Waals surface area contributed by atoms with Gasteiger partial charge in [0, 0.05) is 0 Å². The summed E-state index contributed by atoms with van der Waals surface area (Å²) < 4.78 is 5.09. The van der Waals surface area contributed by atoms with E-state index < -0.39 is 5.69 Å². The molecule has 0 aromatic heterocycles. The highest BCUT2D eigenvalue weighted by Crippen LogP contribution is 2.48. The molecule has 74 valence electrons. The molecule has 0 bridgehead atoms. The van der Waals surface area contributed by atoms with Gasteiger partial charge in [0.15, 0.2) is 0 Å². The van der Waals surface area contributed by atoms with Crippen molar-refractivity contribution in [3.05, 3.63) is 0 Å². The second-order valence-electron chi connectivity index (χ2n) is 3.68. The summed E-state index contributed by atoms with van der Waals surface area (Å²) in [6.07, 6.45) is 2.17. The molecular formula is C7H17O2PS2. The molecule has 1 N–H and O–H groups in total. The average molecular weight is 228 g/mol. The fourth-order valence-electron chi connectivity index (χ4n) is 1.01. The smallest absolute Gasteiger partial charge is 0.241 e. The SMILES string of the molecule is CCCC(C)(C)COP(O)(=S)S. The van der Waals surface area contributed by atoms with Crippen molar-refractivity contribution in [1.82, 2.24) is 0 Å². The van der Waals surface area contributed by atoms with E-state index in [2.05, 4.69) is 44.8 Å². The van der Waals surface area contributed by atoms with Crippen molar-refractivity contribution in [3.8, 4) is 0 Å². The first-order chi connectivity index (χ1) is 5.27. The van der Waals surface area contributed by atoms with Crippen molar-refractivity contribution < 1.29 is 9.42 Å². The van der Waals surface area contributed by atoms with E-state index in [0.29, 0.717) is 6.61 Å². The van der Waals surface area contributed by atoms with Gasteiger partial charge in [0.2, 0.25) is 5.69 Å². The standard InChI is InChI=1S/C7H17O2PS2/c1-4-5-7(2,3)6-9-10(8,11)12/h4-6H2,1-3H3,(H2,8,11,12). The maximum absolute atomic E-state index is 9.12. The van der Waals surface area contributed by atoms with E-state index in [9.17, 15) is 0 Å². The van der Waals surface area contributed by atoms with E-state index in [1.807, 2.05) is 0 Å². The Hall–Kier alpha value is 0.920. The van der Waals surface area contributed by atoms with E-state index in [1.54, 1.807) is 0 Å². The molecule has 0 saturated carbocycles. The molecule has 0 heterocycles. The summed E-state index contributed by atoms with van der Waals surface area (Å²) in [5, 5.41) is 0. The molecule has 5 heteroatoms. The van der Waals surface area contributed by atoms with Crippen LogP contribution >= 0.6 is 17.9 Å². The molecule has 2 nitrogen and oxygen atoms in total. The summed E-state index contributed by atoms with van der Waals surface area (Å²) >= 11 is 8.44. The molecule has 12 heavy (non-hydrogen) atoms. The summed E-state index contributed by atoms with van der Waals surface area (Å²) in [7, 11) is 0. The molecule has 0 amide bonds. The second-order valence-corrected chi connectivity index (χ2v) is 8.84. The van der Waals surface area contributed by atoms with Gasteiger partial charge in [0.05, 0.1) is 6.61 Å². The lowest BCUT2D eigenvalue weighted by atomic mass is 9.89. The zero-order chi connectivity index (χ0) is 9.83. The van der Waals surface area contributed by atoms with Gasteiger partial charge in [0.25, 0.3) is 0 Å². The van der Waals surface area contributed by atoms with Crippen LogP contribution in [0.4, 0.5) is 0 Å². The molecule has 1 atom stereocenters.